The molecule has 1 aliphatic rings. The van der Waals surface area contributed by atoms with Crippen LogP contribution in [0.1, 0.15) is 35.3 Å². The fourth-order valence-electron chi connectivity index (χ4n) is 2.08. The summed E-state index contributed by atoms with van der Waals surface area (Å²) in [4.78, 5) is 4.08. The van der Waals surface area contributed by atoms with Crippen LogP contribution >= 0.6 is 11.3 Å². The lowest BCUT2D eigenvalue weighted by molar-refractivity contribution is 0.221. The average Bonchev–Trinajstić information content (AvgIpc) is 2.52. The SMILES string of the molecule is Cc1scc(CN2CCCCC2)c1C. The van der Waals surface area contributed by atoms with Crippen molar-refractivity contribution in [3.63, 3.8) is 0 Å². The molecule has 2 rings (SSSR count). The first-order valence-corrected chi connectivity index (χ1v) is 6.41. The standard InChI is InChI=1S/C12H19NS/c1-10-11(2)14-9-12(10)8-13-6-4-3-5-7-13/h9H,3-8H2,1-2H3. The van der Waals surface area contributed by atoms with Crippen molar-refractivity contribution in [2.75, 3.05) is 13.1 Å². The Morgan fingerprint density at radius 1 is 1.21 bits per heavy atom. The third-order valence-corrected chi connectivity index (χ3v) is 4.29. The Labute approximate surface area is 90.7 Å². The Hall–Kier alpha value is -0.340. The van der Waals surface area contributed by atoms with E-state index >= 15 is 0 Å². The van der Waals surface area contributed by atoms with Gasteiger partial charge in [0.05, 0.1) is 0 Å². The van der Waals surface area contributed by atoms with Crippen LogP contribution in [0.15, 0.2) is 5.38 Å². The lowest BCUT2D eigenvalue weighted by Crippen LogP contribution is -2.29. The van der Waals surface area contributed by atoms with Gasteiger partial charge in [-0.2, -0.15) is 0 Å². The molecule has 0 spiro atoms. The summed E-state index contributed by atoms with van der Waals surface area (Å²) in [5.41, 5.74) is 3.06. The maximum absolute atomic E-state index is 2.60. The van der Waals surface area contributed by atoms with E-state index in [-0.39, 0.29) is 0 Å². The van der Waals surface area contributed by atoms with Crippen LogP contribution in [0.3, 0.4) is 0 Å². The van der Waals surface area contributed by atoms with Crippen molar-refractivity contribution in [3.05, 3.63) is 21.4 Å². The number of rotatable bonds is 2. The zero-order chi connectivity index (χ0) is 9.97. The predicted octanol–water partition coefficient (Wildman–Crippen LogP) is 3.35. The lowest BCUT2D eigenvalue weighted by Gasteiger charge is -2.26. The molecule has 0 unspecified atom stereocenters. The van der Waals surface area contributed by atoms with Gasteiger partial charge in [-0.3, -0.25) is 4.90 Å². The Bertz CT molecular complexity index is 297. The van der Waals surface area contributed by atoms with Gasteiger partial charge in [-0.15, -0.1) is 11.3 Å². The number of hydrogen-bond donors (Lipinski definition) is 0. The van der Waals surface area contributed by atoms with Crippen molar-refractivity contribution in [2.45, 2.75) is 39.7 Å². The average molecular weight is 209 g/mol. The summed E-state index contributed by atoms with van der Waals surface area (Å²) in [7, 11) is 0. The number of nitrogens with zero attached hydrogens (tertiary/aromatic N) is 1. The second-order valence-corrected chi connectivity index (χ2v) is 5.36. The van der Waals surface area contributed by atoms with E-state index in [1.54, 1.807) is 5.56 Å². The molecule has 0 atom stereocenters. The van der Waals surface area contributed by atoms with Gasteiger partial charge in [0, 0.05) is 11.4 Å². The summed E-state index contributed by atoms with van der Waals surface area (Å²) < 4.78 is 0. The van der Waals surface area contributed by atoms with E-state index < -0.39 is 0 Å². The second kappa shape index (κ2) is 4.45. The molecule has 0 N–H and O–H groups in total. The van der Waals surface area contributed by atoms with E-state index in [2.05, 4.69) is 24.1 Å². The van der Waals surface area contributed by atoms with Crippen molar-refractivity contribution < 1.29 is 0 Å². The van der Waals surface area contributed by atoms with Gasteiger partial charge in [0.2, 0.25) is 0 Å². The highest BCUT2D eigenvalue weighted by Gasteiger charge is 2.12. The molecule has 2 heterocycles. The van der Waals surface area contributed by atoms with Crippen molar-refractivity contribution in [1.82, 2.24) is 4.90 Å². The molecule has 0 radical (unpaired) electrons. The highest BCUT2D eigenvalue weighted by molar-refractivity contribution is 7.10. The molecule has 0 aliphatic carbocycles. The molecule has 1 aliphatic heterocycles. The highest BCUT2D eigenvalue weighted by Crippen LogP contribution is 2.23. The van der Waals surface area contributed by atoms with Gasteiger partial charge in [-0.25, -0.2) is 0 Å². The lowest BCUT2D eigenvalue weighted by atomic mass is 10.1. The molecule has 78 valence electrons. The van der Waals surface area contributed by atoms with Crippen molar-refractivity contribution in [3.8, 4) is 0 Å². The first-order valence-electron chi connectivity index (χ1n) is 5.53. The van der Waals surface area contributed by atoms with Gasteiger partial charge >= 0.3 is 0 Å². The van der Waals surface area contributed by atoms with E-state index in [0.29, 0.717) is 0 Å². The Morgan fingerprint density at radius 2 is 1.93 bits per heavy atom. The summed E-state index contributed by atoms with van der Waals surface area (Å²) in [5, 5.41) is 2.33. The molecule has 1 saturated heterocycles. The maximum Gasteiger partial charge on any atom is 0.0244 e. The molecular formula is C12H19NS. The second-order valence-electron chi connectivity index (χ2n) is 4.28. The topological polar surface area (TPSA) is 3.24 Å². The summed E-state index contributed by atoms with van der Waals surface area (Å²) >= 11 is 1.89. The maximum atomic E-state index is 2.60. The van der Waals surface area contributed by atoms with E-state index in [0.717, 1.165) is 0 Å². The van der Waals surface area contributed by atoms with Gasteiger partial charge in [0.15, 0.2) is 0 Å². The van der Waals surface area contributed by atoms with Crippen LogP contribution in [0.5, 0.6) is 0 Å². The van der Waals surface area contributed by atoms with Gasteiger partial charge < -0.3 is 0 Å². The fraction of sp³-hybridized carbons (Fsp3) is 0.667. The zero-order valence-corrected chi connectivity index (χ0v) is 9.99. The van der Waals surface area contributed by atoms with Crippen LogP contribution in [0.2, 0.25) is 0 Å². The quantitative estimate of drug-likeness (QED) is 0.722. The molecular weight excluding hydrogens is 190 g/mol. The van der Waals surface area contributed by atoms with Gasteiger partial charge in [-0.05, 0) is 56.3 Å². The Kier molecular flexibility index (Phi) is 3.24. The van der Waals surface area contributed by atoms with Crippen molar-refractivity contribution >= 4 is 11.3 Å². The van der Waals surface area contributed by atoms with E-state index in [9.17, 15) is 0 Å². The Morgan fingerprint density at radius 3 is 2.50 bits per heavy atom. The number of hydrogen-bond acceptors (Lipinski definition) is 2. The fourth-order valence-corrected chi connectivity index (χ4v) is 2.95. The largest absolute Gasteiger partial charge is 0.299 e. The first-order chi connectivity index (χ1) is 6.77. The number of aryl methyl sites for hydroxylation is 1. The van der Waals surface area contributed by atoms with Gasteiger partial charge in [-0.1, -0.05) is 6.42 Å². The van der Waals surface area contributed by atoms with Crippen LogP contribution in [-0.4, -0.2) is 18.0 Å². The minimum absolute atomic E-state index is 1.18. The number of likely N-dealkylation sites (tertiary alicyclic amines) is 1. The molecule has 0 saturated carbocycles. The van der Waals surface area contributed by atoms with E-state index in [1.165, 1.54) is 49.3 Å². The van der Waals surface area contributed by atoms with Crippen LogP contribution in [0.25, 0.3) is 0 Å². The Balaban J connectivity index is 1.99. The zero-order valence-electron chi connectivity index (χ0n) is 9.18. The molecule has 0 bridgehead atoms. The molecule has 0 aromatic carbocycles. The summed E-state index contributed by atoms with van der Waals surface area (Å²) in [6, 6.07) is 0. The van der Waals surface area contributed by atoms with Crippen LogP contribution in [0, 0.1) is 13.8 Å². The summed E-state index contributed by atoms with van der Waals surface area (Å²) in [5.74, 6) is 0. The van der Waals surface area contributed by atoms with Gasteiger partial charge in [0.1, 0.15) is 0 Å². The molecule has 2 heteroatoms. The van der Waals surface area contributed by atoms with Crippen molar-refractivity contribution in [1.29, 1.82) is 0 Å². The van der Waals surface area contributed by atoms with Crippen molar-refractivity contribution in [2.24, 2.45) is 0 Å². The van der Waals surface area contributed by atoms with E-state index in [4.69, 9.17) is 0 Å². The number of thiophene rings is 1. The monoisotopic (exact) mass is 209 g/mol. The van der Waals surface area contributed by atoms with Gasteiger partial charge in [0.25, 0.3) is 0 Å². The first kappa shape index (κ1) is 10.2. The van der Waals surface area contributed by atoms with Crippen LogP contribution < -0.4 is 0 Å². The van der Waals surface area contributed by atoms with Crippen LogP contribution in [-0.2, 0) is 6.54 Å². The molecule has 1 aromatic rings. The van der Waals surface area contributed by atoms with Crippen LogP contribution in [0.4, 0.5) is 0 Å². The summed E-state index contributed by atoms with van der Waals surface area (Å²) in [6.45, 7) is 8.25. The molecule has 0 amide bonds. The van der Waals surface area contributed by atoms with E-state index in [1.807, 2.05) is 11.3 Å². The normalized spacial score (nSPS) is 18.7. The highest BCUT2D eigenvalue weighted by atomic mass is 32.1. The molecule has 1 fully saturated rings. The molecule has 1 aromatic heterocycles. The predicted molar refractivity (Wildman–Crippen MR) is 62.9 cm³/mol. The minimum Gasteiger partial charge on any atom is -0.299 e. The summed E-state index contributed by atoms with van der Waals surface area (Å²) in [6.07, 6.45) is 4.21. The smallest absolute Gasteiger partial charge is 0.0244 e. The molecule has 14 heavy (non-hydrogen) atoms. The molecule has 1 nitrogen and oxygen atoms in total. The number of piperidine rings is 1. The third kappa shape index (κ3) is 2.18. The minimum atomic E-state index is 1.18. The third-order valence-electron chi connectivity index (χ3n) is 3.23.